The quantitative estimate of drug-likeness (QED) is 0.791. The molecule has 1 aliphatic heterocycles. The number of anilines is 1. The van der Waals surface area contributed by atoms with Crippen LogP contribution in [0.15, 0.2) is 12.1 Å². The largest absolute Gasteiger partial charge is 0.416 e. The molecule has 1 aliphatic rings. The van der Waals surface area contributed by atoms with E-state index in [1.165, 1.54) is 6.26 Å². The first kappa shape index (κ1) is 15.0. The second-order valence-corrected chi connectivity index (χ2v) is 5.03. The van der Waals surface area contributed by atoms with Crippen LogP contribution < -0.4 is 5.32 Å². The second kappa shape index (κ2) is 4.57. The van der Waals surface area contributed by atoms with E-state index in [0.29, 0.717) is 6.07 Å². The highest BCUT2D eigenvalue weighted by Gasteiger charge is 2.44. The monoisotopic (exact) mass is 315 g/mol. The minimum absolute atomic E-state index is 0.0440. The minimum Gasteiger partial charge on any atom is -0.324 e. The van der Waals surface area contributed by atoms with Crippen LogP contribution in [0.5, 0.6) is 0 Å². The third kappa shape index (κ3) is 2.46. The van der Waals surface area contributed by atoms with E-state index < -0.39 is 45.9 Å². The van der Waals surface area contributed by atoms with Crippen LogP contribution in [0.1, 0.15) is 21.9 Å². The van der Waals surface area contributed by atoms with E-state index in [4.69, 9.17) is 0 Å². The summed E-state index contributed by atoms with van der Waals surface area (Å²) in [5.74, 6) is -0.752. The number of hydrogen-bond donors (Lipinski definition) is 1. The molecule has 0 bridgehead atoms. The van der Waals surface area contributed by atoms with Gasteiger partial charge in [-0.3, -0.25) is 4.79 Å². The summed E-state index contributed by atoms with van der Waals surface area (Å²) in [5.41, 5.74) is -3.75. The van der Waals surface area contributed by atoms with Crippen molar-refractivity contribution in [3.8, 4) is 0 Å². The molecule has 2 nitrogen and oxygen atoms in total. The van der Waals surface area contributed by atoms with Crippen molar-refractivity contribution in [2.24, 2.45) is 0 Å². The van der Waals surface area contributed by atoms with Gasteiger partial charge in [0.25, 0.3) is 0 Å². The number of fused-ring (bicyclic) bond motifs is 1. The van der Waals surface area contributed by atoms with Crippen LogP contribution in [-0.2, 0) is 17.1 Å². The Balaban J connectivity index is 2.72. The fourth-order valence-electron chi connectivity index (χ4n) is 1.99. The lowest BCUT2D eigenvalue weighted by Gasteiger charge is -2.17. The second-order valence-electron chi connectivity index (χ2n) is 4.09. The Morgan fingerprint density at radius 3 is 2.15 bits per heavy atom. The zero-order valence-electron chi connectivity index (χ0n) is 9.82. The third-order valence-electron chi connectivity index (χ3n) is 2.81. The molecule has 0 aliphatic carbocycles. The van der Waals surface area contributed by atoms with Crippen molar-refractivity contribution >= 4 is 23.4 Å². The Morgan fingerprint density at radius 1 is 1.10 bits per heavy atom. The SMILES string of the molecule is CSC1C(=O)Nc2cc(C(F)(F)F)cc(C(F)(F)F)c21. The molecule has 9 heteroatoms. The summed E-state index contributed by atoms with van der Waals surface area (Å²) in [5, 5.41) is 0.901. The first-order valence-electron chi connectivity index (χ1n) is 5.21. The maximum atomic E-state index is 12.9. The number of nitrogens with one attached hydrogen (secondary N) is 1. The molecule has 2 rings (SSSR count). The molecule has 0 spiro atoms. The Kier molecular flexibility index (Phi) is 3.43. The molecule has 1 N–H and O–H groups in total. The van der Waals surface area contributed by atoms with Crippen LogP contribution in [0.4, 0.5) is 32.0 Å². The number of alkyl halides is 6. The predicted octanol–water partition coefficient (Wildman–Crippen LogP) is 4.08. The number of carbonyl (C=O) groups is 1. The molecule has 110 valence electrons. The van der Waals surface area contributed by atoms with Gasteiger partial charge >= 0.3 is 12.4 Å². The Hall–Kier alpha value is -1.38. The molecule has 0 radical (unpaired) electrons. The summed E-state index contributed by atoms with van der Waals surface area (Å²) in [6.07, 6.45) is -8.47. The van der Waals surface area contributed by atoms with Crippen molar-refractivity contribution in [3.05, 3.63) is 28.8 Å². The number of halogens is 6. The zero-order chi connectivity index (χ0) is 15.3. The van der Waals surface area contributed by atoms with Crippen molar-refractivity contribution in [1.29, 1.82) is 0 Å². The highest BCUT2D eigenvalue weighted by molar-refractivity contribution is 7.99. The van der Waals surface area contributed by atoms with Crippen LogP contribution in [-0.4, -0.2) is 12.2 Å². The molecule has 20 heavy (non-hydrogen) atoms. The highest BCUT2D eigenvalue weighted by atomic mass is 32.2. The smallest absolute Gasteiger partial charge is 0.324 e. The summed E-state index contributed by atoms with van der Waals surface area (Å²) in [6, 6.07) is 0.570. The standard InChI is InChI=1S/C11H7F6NOS/c1-20-8-7-5(11(15,16)17)2-4(10(12,13)14)3-6(7)18-9(8)19/h2-3,8H,1H3,(H,18,19). The molecular formula is C11H7F6NOS. The van der Waals surface area contributed by atoms with Crippen LogP contribution in [0.2, 0.25) is 0 Å². The molecule has 0 fully saturated rings. The number of amides is 1. The maximum absolute atomic E-state index is 12.9. The van der Waals surface area contributed by atoms with Gasteiger partial charge in [-0.2, -0.15) is 26.3 Å². The zero-order valence-corrected chi connectivity index (χ0v) is 10.6. The summed E-state index contributed by atoms with van der Waals surface area (Å²) in [6.45, 7) is 0. The predicted molar refractivity (Wildman–Crippen MR) is 61.3 cm³/mol. The lowest BCUT2D eigenvalue weighted by molar-refractivity contribution is -0.143. The van der Waals surface area contributed by atoms with Gasteiger partial charge in [0.2, 0.25) is 5.91 Å². The summed E-state index contributed by atoms with van der Waals surface area (Å²) >= 11 is 0.834. The summed E-state index contributed by atoms with van der Waals surface area (Å²) in [4.78, 5) is 11.5. The average Bonchev–Trinajstić information content (AvgIpc) is 2.60. The van der Waals surface area contributed by atoms with Gasteiger partial charge in [0.05, 0.1) is 11.1 Å². The van der Waals surface area contributed by atoms with Gasteiger partial charge in [-0.25, -0.2) is 0 Å². The van der Waals surface area contributed by atoms with Crippen molar-refractivity contribution in [2.75, 3.05) is 11.6 Å². The molecule has 1 heterocycles. The van der Waals surface area contributed by atoms with Crippen molar-refractivity contribution < 1.29 is 31.1 Å². The van der Waals surface area contributed by atoms with E-state index >= 15 is 0 Å². The maximum Gasteiger partial charge on any atom is 0.416 e. The topological polar surface area (TPSA) is 29.1 Å². The lowest BCUT2D eigenvalue weighted by atomic mass is 10.00. The first-order valence-corrected chi connectivity index (χ1v) is 6.50. The van der Waals surface area contributed by atoms with E-state index in [0.717, 1.165) is 11.8 Å². The fourth-order valence-corrected chi connectivity index (χ4v) is 2.75. The van der Waals surface area contributed by atoms with Gasteiger partial charge in [0.1, 0.15) is 5.25 Å². The van der Waals surface area contributed by atoms with E-state index in [9.17, 15) is 31.1 Å². The third-order valence-corrected chi connectivity index (χ3v) is 3.73. The van der Waals surface area contributed by atoms with E-state index in [1.54, 1.807) is 0 Å². The number of benzene rings is 1. The van der Waals surface area contributed by atoms with Gasteiger partial charge in [-0.1, -0.05) is 0 Å². The van der Waals surface area contributed by atoms with E-state index in [1.807, 2.05) is 0 Å². The molecule has 0 saturated heterocycles. The highest BCUT2D eigenvalue weighted by Crippen LogP contribution is 2.48. The van der Waals surface area contributed by atoms with Crippen molar-refractivity contribution in [2.45, 2.75) is 17.6 Å². The minimum atomic E-state index is -4.97. The summed E-state index contributed by atoms with van der Waals surface area (Å²) < 4.78 is 76.6. The number of carbonyl (C=O) groups excluding carboxylic acids is 1. The normalized spacial score (nSPS) is 18.9. The van der Waals surface area contributed by atoms with E-state index in [-0.39, 0.29) is 6.07 Å². The average molecular weight is 315 g/mol. The number of thioether (sulfide) groups is 1. The van der Waals surface area contributed by atoms with Crippen LogP contribution in [0, 0.1) is 0 Å². The molecule has 1 aromatic carbocycles. The van der Waals surface area contributed by atoms with Crippen LogP contribution in [0.3, 0.4) is 0 Å². The molecule has 0 aromatic heterocycles. The lowest BCUT2D eigenvalue weighted by Crippen LogP contribution is -2.14. The summed E-state index contributed by atoms with van der Waals surface area (Å²) in [7, 11) is 0. The van der Waals surface area contributed by atoms with Crippen LogP contribution in [0.25, 0.3) is 0 Å². The Morgan fingerprint density at radius 2 is 1.70 bits per heavy atom. The van der Waals surface area contributed by atoms with Gasteiger partial charge in [0.15, 0.2) is 0 Å². The fraction of sp³-hybridized carbons (Fsp3) is 0.364. The molecule has 1 atom stereocenters. The number of rotatable bonds is 1. The first-order chi connectivity index (χ1) is 9.05. The molecule has 1 unspecified atom stereocenters. The van der Waals surface area contributed by atoms with Gasteiger partial charge in [-0.15, -0.1) is 11.8 Å². The Labute approximate surface area is 113 Å². The van der Waals surface area contributed by atoms with Crippen LogP contribution >= 0.6 is 11.8 Å². The molecule has 0 saturated carbocycles. The van der Waals surface area contributed by atoms with E-state index in [2.05, 4.69) is 5.32 Å². The van der Waals surface area contributed by atoms with Gasteiger partial charge in [-0.05, 0) is 18.4 Å². The molecule has 1 amide bonds. The van der Waals surface area contributed by atoms with Crippen molar-refractivity contribution in [3.63, 3.8) is 0 Å². The number of hydrogen-bond acceptors (Lipinski definition) is 2. The van der Waals surface area contributed by atoms with Crippen molar-refractivity contribution in [1.82, 2.24) is 0 Å². The Bertz CT molecular complexity index is 565. The van der Waals surface area contributed by atoms with Gasteiger partial charge < -0.3 is 5.32 Å². The molecule has 1 aromatic rings. The van der Waals surface area contributed by atoms with Gasteiger partial charge in [0, 0.05) is 11.3 Å². The molecular weight excluding hydrogens is 308 g/mol.